The maximum atomic E-state index is 12.8. The predicted molar refractivity (Wildman–Crippen MR) is 283 cm³/mol. The van der Waals surface area contributed by atoms with Crippen LogP contribution in [0.15, 0.2) is 109 Å². The molecule has 0 aliphatic heterocycles. The second kappa shape index (κ2) is 53.7. The van der Waals surface area contributed by atoms with Gasteiger partial charge in [-0.3, -0.25) is 14.4 Å². The largest absolute Gasteiger partial charge is 0.462 e. The fourth-order valence-corrected chi connectivity index (χ4v) is 6.95. The molecule has 0 saturated heterocycles. The molecule has 1 atom stereocenters. The third-order valence-electron chi connectivity index (χ3n) is 11.0. The Morgan fingerprint density at radius 2 is 0.606 bits per heavy atom. The molecule has 0 saturated carbocycles. The van der Waals surface area contributed by atoms with Gasteiger partial charge in [0.25, 0.3) is 0 Å². The van der Waals surface area contributed by atoms with E-state index in [9.17, 15) is 14.4 Å². The van der Waals surface area contributed by atoms with Crippen LogP contribution in [-0.2, 0) is 28.6 Å². The molecule has 0 amide bonds. The molecule has 0 bridgehead atoms. The minimum Gasteiger partial charge on any atom is -0.462 e. The van der Waals surface area contributed by atoms with Crippen LogP contribution in [0.4, 0.5) is 0 Å². The zero-order valence-corrected chi connectivity index (χ0v) is 42.7. The summed E-state index contributed by atoms with van der Waals surface area (Å²) in [5.41, 5.74) is 0. The Balaban J connectivity index is 4.50. The molecule has 1 unspecified atom stereocenters. The SMILES string of the molecule is CC/C=C\C/C=C\C/C=C\C/C=C\C/C=C\CCCC(=O)OC(COC(=O)CCCCCCC/C=C\CCCCC)COC(=O)CCCCCCCC/C=C\C/C=C\C/C=C\CCCCC. The first kappa shape index (κ1) is 62.1. The Morgan fingerprint density at radius 3 is 0.985 bits per heavy atom. The van der Waals surface area contributed by atoms with E-state index in [1.165, 1.54) is 70.6 Å². The summed E-state index contributed by atoms with van der Waals surface area (Å²) in [4.78, 5) is 38.0. The number of carbonyl (C=O) groups excluding carboxylic acids is 3. The molecule has 6 heteroatoms. The zero-order valence-electron chi connectivity index (χ0n) is 42.7. The first-order valence-electron chi connectivity index (χ1n) is 26.9. The van der Waals surface area contributed by atoms with Crippen molar-refractivity contribution < 1.29 is 28.6 Å². The van der Waals surface area contributed by atoms with E-state index >= 15 is 0 Å². The maximum Gasteiger partial charge on any atom is 0.306 e. The van der Waals surface area contributed by atoms with E-state index < -0.39 is 6.10 Å². The summed E-state index contributed by atoms with van der Waals surface area (Å²) in [6, 6.07) is 0. The highest BCUT2D eigenvalue weighted by Gasteiger charge is 2.19. The Kier molecular flexibility index (Phi) is 50.5. The molecule has 0 fully saturated rings. The number of allylic oxidation sites excluding steroid dienone is 18. The lowest BCUT2D eigenvalue weighted by molar-refractivity contribution is -0.167. The third-order valence-corrected chi connectivity index (χ3v) is 11.0. The molecular formula is C60H98O6. The minimum absolute atomic E-state index is 0.111. The summed E-state index contributed by atoms with van der Waals surface area (Å²) in [5, 5.41) is 0. The van der Waals surface area contributed by atoms with E-state index in [4.69, 9.17) is 14.2 Å². The van der Waals surface area contributed by atoms with E-state index in [1.54, 1.807) is 0 Å². The lowest BCUT2D eigenvalue weighted by Crippen LogP contribution is -2.30. The minimum atomic E-state index is -0.818. The third kappa shape index (κ3) is 51.1. The van der Waals surface area contributed by atoms with Gasteiger partial charge < -0.3 is 14.2 Å². The second-order valence-corrected chi connectivity index (χ2v) is 17.4. The van der Waals surface area contributed by atoms with Gasteiger partial charge in [-0.05, 0) is 122 Å². The van der Waals surface area contributed by atoms with Crippen molar-refractivity contribution in [2.75, 3.05) is 13.2 Å². The second-order valence-electron chi connectivity index (χ2n) is 17.4. The number of hydrogen-bond donors (Lipinski definition) is 0. The quantitative estimate of drug-likeness (QED) is 0.0262. The maximum absolute atomic E-state index is 12.8. The fourth-order valence-electron chi connectivity index (χ4n) is 6.95. The van der Waals surface area contributed by atoms with Crippen LogP contribution in [0.5, 0.6) is 0 Å². The topological polar surface area (TPSA) is 78.9 Å². The Labute approximate surface area is 406 Å². The molecule has 66 heavy (non-hydrogen) atoms. The lowest BCUT2D eigenvalue weighted by atomic mass is 10.1. The van der Waals surface area contributed by atoms with Crippen molar-refractivity contribution in [1.29, 1.82) is 0 Å². The van der Waals surface area contributed by atoms with Crippen molar-refractivity contribution in [3.05, 3.63) is 109 Å². The molecule has 0 heterocycles. The van der Waals surface area contributed by atoms with Gasteiger partial charge in [-0.15, -0.1) is 0 Å². The highest BCUT2D eigenvalue weighted by Crippen LogP contribution is 2.13. The lowest BCUT2D eigenvalue weighted by Gasteiger charge is -2.18. The van der Waals surface area contributed by atoms with Crippen molar-refractivity contribution in [2.24, 2.45) is 0 Å². The molecule has 0 aromatic rings. The number of carbonyl (C=O) groups is 3. The first-order valence-corrected chi connectivity index (χ1v) is 26.9. The molecule has 0 N–H and O–H groups in total. The van der Waals surface area contributed by atoms with Gasteiger partial charge in [-0.1, -0.05) is 201 Å². The van der Waals surface area contributed by atoms with E-state index in [2.05, 4.69) is 130 Å². The molecule has 6 nitrogen and oxygen atoms in total. The van der Waals surface area contributed by atoms with Gasteiger partial charge in [0, 0.05) is 19.3 Å². The van der Waals surface area contributed by atoms with Gasteiger partial charge in [0.15, 0.2) is 6.10 Å². The van der Waals surface area contributed by atoms with Crippen molar-refractivity contribution >= 4 is 17.9 Å². The number of ether oxygens (including phenoxy) is 3. The Hall–Kier alpha value is -3.93. The van der Waals surface area contributed by atoms with Gasteiger partial charge in [-0.25, -0.2) is 0 Å². The molecular weight excluding hydrogens is 817 g/mol. The summed E-state index contributed by atoms with van der Waals surface area (Å²) >= 11 is 0. The van der Waals surface area contributed by atoms with Crippen LogP contribution < -0.4 is 0 Å². The standard InChI is InChI=1S/C60H98O6/c1-4-7-10-13-16-19-22-25-27-29-30-32-33-35-38-41-44-47-50-53-59(62)65-56-57(55-64-58(61)52-49-46-43-40-37-24-21-18-15-12-9-6-3)66-60(63)54-51-48-45-42-39-36-34-31-28-26-23-20-17-14-11-8-5-2/h8,11,16-21,25-28,30,32,34,36,42,45,57H,4-7,9-10,12-15,22-24,29,31,33,35,37-41,43-44,46-56H2,1-3H3/b11-8-,19-16-,20-17-,21-18-,27-25-,28-26-,32-30-,36-34-,45-42-. The average molecular weight is 915 g/mol. The van der Waals surface area contributed by atoms with Gasteiger partial charge in [-0.2, -0.15) is 0 Å². The summed E-state index contributed by atoms with van der Waals surface area (Å²) in [5.74, 6) is -0.995. The molecule has 0 spiro atoms. The van der Waals surface area contributed by atoms with Gasteiger partial charge in [0.2, 0.25) is 0 Å². The summed E-state index contributed by atoms with van der Waals surface area (Å²) in [6.45, 7) is 6.40. The predicted octanol–water partition coefficient (Wildman–Crippen LogP) is 17.9. The molecule has 0 rings (SSSR count). The van der Waals surface area contributed by atoms with Crippen molar-refractivity contribution in [3.63, 3.8) is 0 Å². The van der Waals surface area contributed by atoms with Gasteiger partial charge in [0.1, 0.15) is 13.2 Å². The smallest absolute Gasteiger partial charge is 0.306 e. The van der Waals surface area contributed by atoms with E-state index in [0.29, 0.717) is 19.3 Å². The number of hydrogen-bond acceptors (Lipinski definition) is 6. The van der Waals surface area contributed by atoms with Crippen LogP contribution in [0.3, 0.4) is 0 Å². The molecule has 0 aliphatic rings. The first-order chi connectivity index (χ1) is 32.5. The monoisotopic (exact) mass is 915 g/mol. The molecule has 374 valence electrons. The normalized spacial score (nSPS) is 13.0. The number of rotatable bonds is 47. The van der Waals surface area contributed by atoms with E-state index in [-0.39, 0.29) is 37.5 Å². The number of esters is 3. The van der Waals surface area contributed by atoms with Crippen LogP contribution in [-0.4, -0.2) is 37.2 Å². The van der Waals surface area contributed by atoms with Crippen LogP contribution in [0.25, 0.3) is 0 Å². The summed E-state index contributed by atoms with van der Waals surface area (Å²) in [6.07, 6.45) is 72.2. The van der Waals surface area contributed by atoms with Crippen LogP contribution in [0.2, 0.25) is 0 Å². The van der Waals surface area contributed by atoms with Crippen molar-refractivity contribution in [1.82, 2.24) is 0 Å². The Morgan fingerprint density at radius 1 is 0.318 bits per heavy atom. The van der Waals surface area contributed by atoms with Crippen LogP contribution in [0.1, 0.15) is 233 Å². The summed E-state index contributed by atoms with van der Waals surface area (Å²) < 4.78 is 16.7. The fraction of sp³-hybridized carbons (Fsp3) is 0.650. The molecule has 0 aliphatic carbocycles. The average Bonchev–Trinajstić information content (AvgIpc) is 3.31. The highest BCUT2D eigenvalue weighted by molar-refractivity contribution is 5.71. The van der Waals surface area contributed by atoms with Crippen molar-refractivity contribution in [2.45, 2.75) is 239 Å². The molecule has 0 aromatic carbocycles. The van der Waals surface area contributed by atoms with Crippen LogP contribution in [0, 0.1) is 0 Å². The van der Waals surface area contributed by atoms with Gasteiger partial charge in [0.05, 0.1) is 0 Å². The Bertz CT molecular complexity index is 1370. The van der Waals surface area contributed by atoms with Crippen molar-refractivity contribution in [3.8, 4) is 0 Å². The number of unbranched alkanes of at least 4 members (excludes halogenated alkanes) is 18. The summed E-state index contributed by atoms with van der Waals surface area (Å²) in [7, 11) is 0. The van der Waals surface area contributed by atoms with E-state index in [0.717, 1.165) is 116 Å². The molecule has 0 radical (unpaired) electrons. The highest BCUT2D eigenvalue weighted by atomic mass is 16.6. The van der Waals surface area contributed by atoms with Gasteiger partial charge >= 0.3 is 17.9 Å². The van der Waals surface area contributed by atoms with Crippen LogP contribution >= 0.6 is 0 Å². The zero-order chi connectivity index (χ0) is 47.9. The van der Waals surface area contributed by atoms with E-state index in [1.807, 2.05) is 0 Å². The molecule has 0 aromatic heterocycles.